The predicted molar refractivity (Wildman–Crippen MR) is 94.2 cm³/mol. The van der Waals surface area contributed by atoms with Crippen molar-refractivity contribution < 1.29 is 14.3 Å². The van der Waals surface area contributed by atoms with Crippen LogP contribution in [-0.2, 0) is 16.1 Å². The molecule has 0 atom stereocenters. The van der Waals surface area contributed by atoms with Gasteiger partial charge in [-0.15, -0.1) is 0 Å². The quantitative estimate of drug-likeness (QED) is 0.780. The van der Waals surface area contributed by atoms with Crippen molar-refractivity contribution >= 4 is 28.3 Å². The molecular weight excluding hydrogens is 326 g/mol. The molecule has 24 heavy (non-hydrogen) atoms. The van der Waals surface area contributed by atoms with Crippen molar-refractivity contribution in [2.24, 2.45) is 0 Å². The van der Waals surface area contributed by atoms with Gasteiger partial charge in [0.15, 0.2) is 5.13 Å². The number of thiazole rings is 1. The molecule has 0 unspecified atom stereocenters. The van der Waals surface area contributed by atoms with Gasteiger partial charge in [-0.2, -0.15) is 0 Å². The van der Waals surface area contributed by atoms with Crippen molar-refractivity contribution in [3.63, 3.8) is 0 Å². The van der Waals surface area contributed by atoms with Crippen LogP contribution >= 0.6 is 11.3 Å². The number of nitrogens with zero attached hydrogens (tertiary/aromatic N) is 2. The van der Waals surface area contributed by atoms with Gasteiger partial charge in [-0.25, -0.2) is 9.78 Å². The molecule has 1 amide bonds. The lowest BCUT2D eigenvalue weighted by atomic mass is 10.2. The van der Waals surface area contributed by atoms with Gasteiger partial charge >= 0.3 is 5.97 Å². The van der Waals surface area contributed by atoms with Crippen molar-refractivity contribution in [2.45, 2.75) is 20.0 Å². The summed E-state index contributed by atoms with van der Waals surface area (Å²) in [6.45, 7) is 2.59. The molecule has 0 aliphatic rings. The van der Waals surface area contributed by atoms with Crippen molar-refractivity contribution in [1.29, 1.82) is 0 Å². The van der Waals surface area contributed by atoms with E-state index in [0.29, 0.717) is 28.7 Å². The van der Waals surface area contributed by atoms with Gasteiger partial charge in [-0.1, -0.05) is 41.7 Å². The molecule has 0 aliphatic carbocycles. The molecular formula is C17H21N3O3S. The average Bonchev–Trinajstić information content (AvgIpc) is 2.92. The van der Waals surface area contributed by atoms with Gasteiger partial charge in [-0.3, -0.25) is 4.79 Å². The molecule has 0 aliphatic heterocycles. The molecule has 0 saturated carbocycles. The molecule has 1 aromatic carbocycles. The van der Waals surface area contributed by atoms with Crippen LogP contribution in [0.15, 0.2) is 30.3 Å². The zero-order valence-corrected chi connectivity index (χ0v) is 14.9. The van der Waals surface area contributed by atoms with E-state index in [4.69, 9.17) is 4.74 Å². The van der Waals surface area contributed by atoms with Gasteiger partial charge in [-0.05, 0) is 26.6 Å². The van der Waals surface area contributed by atoms with E-state index in [1.807, 2.05) is 49.3 Å². The fourth-order valence-electron chi connectivity index (χ4n) is 1.93. The van der Waals surface area contributed by atoms with E-state index in [1.165, 1.54) is 0 Å². The summed E-state index contributed by atoms with van der Waals surface area (Å²) in [5.41, 5.74) is 1.48. The Balaban J connectivity index is 1.92. The van der Waals surface area contributed by atoms with Crippen LogP contribution in [-0.4, -0.2) is 42.4 Å². The highest BCUT2D eigenvalue weighted by atomic mass is 32.1. The summed E-state index contributed by atoms with van der Waals surface area (Å²) < 4.78 is 5.30. The number of hydrogen-bond donors (Lipinski definition) is 1. The summed E-state index contributed by atoms with van der Waals surface area (Å²) in [6, 6.07) is 9.47. The van der Waals surface area contributed by atoms with E-state index in [9.17, 15) is 9.59 Å². The van der Waals surface area contributed by atoms with Gasteiger partial charge in [0.25, 0.3) is 0 Å². The molecule has 1 N–H and O–H groups in total. The number of ether oxygens (including phenoxy) is 1. The number of aromatic nitrogens is 1. The first kappa shape index (κ1) is 18.1. The molecule has 2 rings (SSSR count). The largest absolute Gasteiger partial charge is 0.457 e. The highest BCUT2D eigenvalue weighted by Gasteiger charge is 2.18. The van der Waals surface area contributed by atoms with Crippen LogP contribution in [0.5, 0.6) is 0 Å². The highest BCUT2D eigenvalue weighted by Crippen LogP contribution is 2.24. The first-order chi connectivity index (χ1) is 11.5. The maximum Gasteiger partial charge on any atom is 0.350 e. The van der Waals surface area contributed by atoms with Gasteiger partial charge < -0.3 is 15.0 Å². The Kier molecular flexibility index (Phi) is 6.45. The van der Waals surface area contributed by atoms with E-state index in [2.05, 4.69) is 10.3 Å². The first-order valence-corrected chi connectivity index (χ1v) is 8.40. The smallest absolute Gasteiger partial charge is 0.350 e. The Hall–Kier alpha value is -2.25. The van der Waals surface area contributed by atoms with Gasteiger partial charge in [0.1, 0.15) is 11.5 Å². The minimum Gasteiger partial charge on any atom is -0.457 e. The monoisotopic (exact) mass is 347 g/mol. The summed E-state index contributed by atoms with van der Waals surface area (Å²) >= 11 is 1.13. The topological polar surface area (TPSA) is 71.5 Å². The van der Waals surface area contributed by atoms with Crippen molar-refractivity contribution in [3.8, 4) is 0 Å². The minimum absolute atomic E-state index is 0.123. The third-order valence-electron chi connectivity index (χ3n) is 3.23. The number of hydrogen-bond acceptors (Lipinski definition) is 6. The number of amides is 1. The zero-order chi connectivity index (χ0) is 17.5. The SMILES string of the molecule is Cc1nc(NC(=O)CCN(C)C)sc1C(=O)OCc1ccccc1. The zero-order valence-electron chi connectivity index (χ0n) is 14.0. The summed E-state index contributed by atoms with van der Waals surface area (Å²) in [5.74, 6) is -0.552. The summed E-state index contributed by atoms with van der Waals surface area (Å²) in [6.07, 6.45) is 0.374. The van der Waals surface area contributed by atoms with Crippen LogP contribution < -0.4 is 5.32 Å². The Bertz CT molecular complexity index is 698. The Labute approximate surface area is 145 Å². The fourth-order valence-corrected chi connectivity index (χ4v) is 2.81. The molecule has 1 heterocycles. The molecule has 1 aromatic heterocycles. The number of carbonyl (C=O) groups is 2. The van der Waals surface area contributed by atoms with Crippen LogP contribution in [0.2, 0.25) is 0 Å². The maximum atomic E-state index is 12.2. The number of carbonyl (C=O) groups excluding carboxylic acids is 2. The number of esters is 1. The summed E-state index contributed by atoms with van der Waals surface area (Å²) in [5, 5.41) is 3.14. The van der Waals surface area contributed by atoms with Gasteiger partial charge in [0, 0.05) is 13.0 Å². The molecule has 0 saturated heterocycles. The lowest BCUT2D eigenvalue weighted by Gasteiger charge is -2.08. The molecule has 128 valence electrons. The number of nitrogens with one attached hydrogen (secondary N) is 1. The number of rotatable bonds is 7. The van der Waals surface area contributed by atoms with Crippen LogP contribution in [0.3, 0.4) is 0 Å². The van der Waals surface area contributed by atoms with Crippen LogP contribution in [0.1, 0.15) is 27.3 Å². The lowest BCUT2D eigenvalue weighted by molar-refractivity contribution is -0.116. The third kappa shape index (κ3) is 5.43. The van der Waals surface area contributed by atoms with Crippen LogP contribution in [0.25, 0.3) is 0 Å². The number of anilines is 1. The molecule has 0 bridgehead atoms. The predicted octanol–water partition coefficient (Wildman–Crippen LogP) is 2.70. The summed E-state index contributed by atoms with van der Waals surface area (Å²) in [4.78, 5) is 30.6. The Morgan fingerprint density at radius 3 is 2.62 bits per heavy atom. The van der Waals surface area contributed by atoms with E-state index in [1.54, 1.807) is 6.92 Å². The second-order valence-electron chi connectivity index (χ2n) is 5.60. The number of aryl methyl sites for hydroxylation is 1. The molecule has 2 aromatic rings. The van der Waals surface area contributed by atoms with Gasteiger partial charge in [0.2, 0.25) is 5.91 Å². The van der Waals surface area contributed by atoms with E-state index in [0.717, 1.165) is 16.9 Å². The fraction of sp³-hybridized carbons (Fsp3) is 0.353. The van der Waals surface area contributed by atoms with Crippen molar-refractivity contribution in [1.82, 2.24) is 9.88 Å². The lowest BCUT2D eigenvalue weighted by Crippen LogP contribution is -2.20. The standard InChI is InChI=1S/C17H21N3O3S/c1-12-15(16(22)23-11-13-7-5-4-6-8-13)24-17(18-12)19-14(21)9-10-20(2)3/h4-8H,9-11H2,1-3H3,(H,18,19,21). The van der Waals surface area contributed by atoms with E-state index in [-0.39, 0.29) is 12.5 Å². The normalized spacial score (nSPS) is 10.7. The second kappa shape index (κ2) is 8.56. The molecule has 0 fully saturated rings. The number of benzene rings is 1. The third-order valence-corrected chi connectivity index (χ3v) is 4.28. The molecule has 6 nitrogen and oxygen atoms in total. The van der Waals surface area contributed by atoms with Crippen LogP contribution in [0, 0.1) is 6.92 Å². The Morgan fingerprint density at radius 1 is 1.25 bits per heavy atom. The maximum absolute atomic E-state index is 12.2. The van der Waals surface area contributed by atoms with Gasteiger partial charge in [0.05, 0.1) is 5.69 Å². The van der Waals surface area contributed by atoms with Crippen LogP contribution in [0.4, 0.5) is 5.13 Å². The minimum atomic E-state index is -0.428. The highest BCUT2D eigenvalue weighted by molar-refractivity contribution is 7.17. The Morgan fingerprint density at radius 2 is 1.96 bits per heavy atom. The molecule has 0 radical (unpaired) electrons. The van der Waals surface area contributed by atoms with Crippen molar-refractivity contribution in [3.05, 3.63) is 46.5 Å². The first-order valence-electron chi connectivity index (χ1n) is 7.58. The van der Waals surface area contributed by atoms with Crippen molar-refractivity contribution in [2.75, 3.05) is 26.0 Å². The summed E-state index contributed by atoms with van der Waals surface area (Å²) in [7, 11) is 3.81. The molecule has 7 heteroatoms. The second-order valence-corrected chi connectivity index (χ2v) is 6.60. The molecule has 0 spiro atoms. The van der Waals surface area contributed by atoms with E-state index >= 15 is 0 Å². The average molecular weight is 347 g/mol. The van der Waals surface area contributed by atoms with E-state index < -0.39 is 5.97 Å².